The lowest BCUT2D eigenvalue weighted by Gasteiger charge is -2.28. The first-order valence-corrected chi connectivity index (χ1v) is 15.2. The third kappa shape index (κ3) is 4.81. The zero-order chi connectivity index (χ0) is 31.0. The monoisotopic (exact) mass is 598 g/mol. The van der Waals surface area contributed by atoms with Gasteiger partial charge in [0.2, 0.25) is 0 Å². The number of hydrogen-bond donors (Lipinski definition) is 0. The van der Waals surface area contributed by atoms with Crippen LogP contribution in [0.5, 0.6) is 0 Å². The van der Waals surface area contributed by atoms with Crippen molar-refractivity contribution in [2.45, 2.75) is 0 Å². The molecule has 0 atom stereocenters. The minimum absolute atomic E-state index is 0.274. The van der Waals surface area contributed by atoms with Crippen LogP contribution in [0.1, 0.15) is 0 Å². The molecule has 8 aromatic rings. The molecule has 0 fully saturated rings. The Morgan fingerprint density at radius 1 is 0.283 bits per heavy atom. The van der Waals surface area contributed by atoms with E-state index >= 15 is 0 Å². The van der Waals surface area contributed by atoms with Crippen molar-refractivity contribution in [3.63, 3.8) is 0 Å². The summed E-state index contributed by atoms with van der Waals surface area (Å²) in [5.41, 5.74) is 5.68. The van der Waals surface area contributed by atoms with Crippen molar-refractivity contribution in [1.29, 1.82) is 0 Å². The van der Waals surface area contributed by atoms with E-state index in [1.54, 1.807) is 0 Å². The molecule has 0 bridgehead atoms. The largest absolute Gasteiger partial charge is 0.310 e. The topological polar surface area (TPSA) is 6.48 Å². The van der Waals surface area contributed by atoms with Crippen molar-refractivity contribution < 1.29 is 8.78 Å². The van der Waals surface area contributed by atoms with Gasteiger partial charge in [0, 0.05) is 33.5 Å². The van der Waals surface area contributed by atoms with E-state index in [2.05, 4.69) is 94.7 Å². The van der Waals surface area contributed by atoms with Crippen molar-refractivity contribution in [1.82, 2.24) is 0 Å². The summed E-state index contributed by atoms with van der Waals surface area (Å²) >= 11 is 0. The first kappa shape index (κ1) is 27.5. The Bertz CT molecular complexity index is 2320. The fourth-order valence-corrected chi connectivity index (χ4v) is 6.48. The number of hydrogen-bond acceptors (Lipinski definition) is 2. The Kier molecular flexibility index (Phi) is 6.88. The molecule has 2 nitrogen and oxygen atoms in total. The van der Waals surface area contributed by atoms with E-state index in [1.807, 2.05) is 60.7 Å². The molecular weight excluding hydrogens is 570 g/mol. The van der Waals surface area contributed by atoms with E-state index in [0.717, 1.165) is 66.4 Å². The number of nitrogens with zero attached hydrogens (tertiary/aromatic N) is 2. The molecule has 0 N–H and O–H groups in total. The molecule has 0 radical (unpaired) electrons. The predicted octanol–water partition coefficient (Wildman–Crippen LogP) is 12.4. The molecule has 46 heavy (non-hydrogen) atoms. The van der Waals surface area contributed by atoms with Gasteiger partial charge in [0.25, 0.3) is 0 Å². The third-order valence-electron chi connectivity index (χ3n) is 8.53. The zero-order valence-corrected chi connectivity index (χ0v) is 24.8. The van der Waals surface area contributed by atoms with Gasteiger partial charge < -0.3 is 9.80 Å². The maximum absolute atomic E-state index is 14.1. The van der Waals surface area contributed by atoms with E-state index in [-0.39, 0.29) is 11.6 Å². The van der Waals surface area contributed by atoms with Crippen molar-refractivity contribution in [2.75, 3.05) is 9.80 Å². The van der Waals surface area contributed by atoms with Gasteiger partial charge in [0.1, 0.15) is 11.6 Å². The van der Waals surface area contributed by atoms with E-state index < -0.39 is 0 Å². The molecule has 0 unspecified atom stereocenters. The molecule has 8 aromatic carbocycles. The van der Waals surface area contributed by atoms with Gasteiger partial charge in [0.15, 0.2) is 0 Å². The molecule has 0 saturated heterocycles. The fourth-order valence-electron chi connectivity index (χ4n) is 6.48. The van der Waals surface area contributed by atoms with Crippen LogP contribution >= 0.6 is 0 Å². The SMILES string of the molecule is Fc1ccc(N(c2ccccc2)c2cc3c4cccc(N(c5ccccc5)c5ccc(F)cc5)c4ccc3c3ccccc23)cc1. The van der Waals surface area contributed by atoms with Crippen LogP contribution in [0.25, 0.3) is 32.3 Å². The highest BCUT2D eigenvalue weighted by Crippen LogP contribution is 2.45. The molecule has 0 heterocycles. The highest BCUT2D eigenvalue weighted by atomic mass is 19.1. The molecule has 4 heteroatoms. The number of halogens is 2. The molecule has 0 aliphatic heterocycles. The van der Waals surface area contributed by atoms with E-state index in [1.165, 1.54) is 24.3 Å². The number of benzene rings is 8. The molecule has 8 rings (SSSR count). The first-order chi connectivity index (χ1) is 22.7. The van der Waals surface area contributed by atoms with Gasteiger partial charge in [-0.25, -0.2) is 8.78 Å². The molecule has 0 aromatic heterocycles. The number of anilines is 6. The maximum Gasteiger partial charge on any atom is 0.123 e. The highest BCUT2D eigenvalue weighted by molar-refractivity contribution is 6.23. The van der Waals surface area contributed by atoms with E-state index in [0.29, 0.717) is 0 Å². The average molecular weight is 599 g/mol. The molecule has 0 spiro atoms. The van der Waals surface area contributed by atoms with Gasteiger partial charge in [-0.3, -0.25) is 0 Å². The Hall–Kier alpha value is -6.00. The maximum atomic E-state index is 14.1. The normalized spacial score (nSPS) is 11.3. The Balaban J connectivity index is 1.43. The van der Waals surface area contributed by atoms with Gasteiger partial charge in [0.05, 0.1) is 11.4 Å². The summed E-state index contributed by atoms with van der Waals surface area (Å²) in [7, 11) is 0. The van der Waals surface area contributed by atoms with E-state index in [4.69, 9.17) is 0 Å². The van der Waals surface area contributed by atoms with Gasteiger partial charge in [-0.05, 0) is 106 Å². The first-order valence-electron chi connectivity index (χ1n) is 15.2. The molecule has 0 aliphatic carbocycles. The van der Waals surface area contributed by atoms with Crippen molar-refractivity contribution >= 4 is 66.4 Å². The summed E-state index contributed by atoms with van der Waals surface area (Å²) in [6.45, 7) is 0. The van der Waals surface area contributed by atoms with Crippen molar-refractivity contribution in [3.05, 3.63) is 181 Å². The molecule has 0 saturated carbocycles. The zero-order valence-electron chi connectivity index (χ0n) is 24.8. The quantitative estimate of drug-likeness (QED) is 0.176. The summed E-state index contributed by atoms with van der Waals surface area (Å²) < 4.78 is 28.2. The summed E-state index contributed by atoms with van der Waals surface area (Å²) in [5, 5.41) is 6.63. The summed E-state index contributed by atoms with van der Waals surface area (Å²) in [6, 6.07) is 55.1. The number of rotatable bonds is 6. The van der Waals surface area contributed by atoms with Crippen LogP contribution in [0.15, 0.2) is 170 Å². The fraction of sp³-hybridized carbons (Fsp3) is 0. The Labute approximate surface area is 266 Å². The molecule has 0 amide bonds. The van der Waals surface area contributed by atoms with Gasteiger partial charge in [-0.15, -0.1) is 0 Å². The van der Waals surface area contributed by atoms with Crippen LogP contribution in [0.4, 0.5) is 42.9 Å². The second-order valence-electron chi connectivity index (χ2n) is 11.3. The molecule has 0 aliphatic rings. The minimum Gasteiger partial charge on any atom is -0.310 e. The van der Waals surface area contributed by atoms with Gasteiger partial charge >= 0.3 is 0 Å². The van der Waals surface area contributed by atoms with Crippen molar-refractivity contribution in [2.24, 2.45) is 0 Å². The average Bonchev–Trinajstić information content (AvgIpc) is 3.11. The molecular formula is C42H28F2N2. The van der Waals surface area contributed by atoms with Crippen LogP contribution in [0, 0.1) is 11.6 Å². The highest BCUT2D eigenvalue weighted by Gasteiger charge is 2.20. The standard InChI is InChI=1S/C42H28F2N2/c43-29-18-22-33(23-19-29)45(31-10-3-1-4-11-31)41-17-9-16-36-39(41)27-26-37-35-14-7-8-15-38(35)42(28-40(36)37)46(32-12-5-2-6-13-32)34-24-20-30(44)21-25-34/h1-28H. The van der Waals surface area contributed by atoms with Gasteiger partial charge in [-0.2, -0.15) is 0 Å². The third-order valence-corrected chi connectivity index (χ3v) is 8.53. The van der Waals surface area contributed by atoms with Crippen molar-refractivity contribution in [3.8, 4) is 0 Å². The second kappa shape index (κ2) is 11.5. The summed E-state index contributed by atoms with van der Waals surface area (Å²) in [4.78, 5) is 4.36. The molecule has 220 valence electrons. The predicted molar refractivity (Wildman–Crippen MR) is 188 cm³/mol. The van der Waals surface area contributed by atoms with Crippen LogP contribution in [0.3, 0.4) is 0 Å². The smallest absolute Gasteiger partial charge is 0.123 e. The number of fused-ring (bicyclic) bond motifs is 5. The van der Waals surface area contributed by atoms with Crippen LogP contribution in [-0.2, 0) is 0 Å². The van der Waals surface area contributed by atoms with Crippen LogP contribution < -0.4 is 9.80 Å². The van der Waals surface area contributed by atoms with E-state index in [9.17, 15) is 8.78 Å². The minimum atomic E-state index is -0.275. The second-order valence-corrected chi connectivity index (χ2v) is 11.3. The summed E-state index contributed by atoms with van der Waals surface area (Å²) in [6.07, 6.45) is 0. The lowest BCUT2D eigenvalue weighted by molar-refractivity contribution is 0.627. The summed E-state index contributed by atoms with van der Waals surface area (Å²) in [5.74, 6) is -0.549. The Morgan fingerprint density at radius 2 is 0.674 bits per heavy atom. The van der Waals surface area contributed by atoms with Crippen LogP contribution in [-0.4, -0.2) is 0 Å². The lowest BCUT2D eigenvalue weighted by Crippen LogP contribution is -2.11. The Morgan fingerprint density at radius 3 is 1.26 bits per heavy atom. The number of para-hydroxylation sites is 2. The van der Waals surface area contributed by atoms with Crippen LogP contribution in [0.2, 0.25) is 0 Å². The lowest BCUT2D eigenvalue weighted by atomic mass is 9.94. The van der Waals surface area contributed by atoms with Gasteiger partial charge in [-0.1, -0.05) is 84.9 Å².